The summed E-state index contributed by atoms with van der Waals surface area (Å²) in [7, 11) is 0. The molecule has 4 nitrogen and oxygen atoms in total. The van der Waals surface area contributed by atoms with Gasteiger partial charge >= 0.3 is 0 Å². The highest BCUT2D eigenvalue weighted by molar-refractivity contribution is 5.35. The van der Waals surface area contributed by atoms with Crippen LogP contribution in [0.3, 0.4) is 0 Å². The molecule has 0 saturated carbocycles. The van der Waals surface area contributed by atoms with E-state index < -0.39 is 0 Å². The maximum absolute atomic E-state index is 5.69. The first-order valence-corrected chi connectivity index (χ1v) is 5.16. The van der Waals surface area contributed by atoms with Crippen molar-refractivity contribution < 1.29 is 4.74 Å². The summed E-state index contributed by atoms with van der Waals surface area (Å²) in [4.78, 5) is 4.03. The van der Waals surface area contributed by atoms with Crippen LogP contribution in [-0.2, 0) is 11.3 Å². The van der Waals surface area contributed by atoms with Crippen LogP contribution >= 0.6 is 0 Å². The minimum Gasteiger partial charge on any atom is -0.374 e. The molecule has 3 N–H and O–H groups in total. The quantitative estimate of drug-likeness (QED) is 0.574. The number of nitrogens with zero attached hydrogens (tertiary/aromatic N) is 1. The molecule has 84 valence electrons. The van der Waals surface area contributed by atoms with Gasteiger partial charge < -0.3 is 10.2 Å². The van der Waals surface area contributed by atoms with Crippen LogP contribution in [0.1, 0.15) is 26.3 Å². The van der Waals surface area contributed by atoms with Crippen LogP contribution in [0.4, 0.5) is 5.82 Å². The van der Waals surface area contributed by atoms with Crippen LogP contribution in [0.5, 0.6) is 0 Å². The summed E-state index contributed by atoms with van der Waals surface area (Å²) in [5.41, 5.74) is 3.59. The number of nitrogen functional groups attached to an aromatic ring is 1. The molecule has 0 aliphatic rings. The molecule has 1 atom stereocenters. The summed E-state index contributed by atoms with van der Waals surface area (Å²) in [6, 6.07) is 3.81. The minimum absolute atomic E-state index is 0.257. The number of rotatable bonds is 5. The normalized spacial score (nSPS) is 12.9. The Morgan fingerprint density at radius 1 is 1.47 bits per heavy atom. The van der Waals surface area contributed by atoms with Crippen molar-refractivity contribution in [2.24, 2.45) is 11.8 Å². The van der Waals surface area contributed by atoms with E-state index in [4.69, 9.17) is 10.6 Å². The Hall–Kier alpha value is -1.13. The Morgan fingerprint density at radius 2 is 2.20 bits per heavy atom. The van der Waals surface area contributed by atoms with Gasteiger partial charge in [-0.25, -0.2) is 10.8 Å². The predicted molar refractivity (Wildman–Crippen MR) is 61.1 cm³/mol. The van der Waals surface area contributed by atoms with E-state index in [1.54, 1.807) is 6.20 Å². The molecule has 0 aromatic carbocycles. The molecule has 0 saturated heterocycles. The molecule has 0 amide bonds. The summed E-state index contributed by atoms with van der Waals surface area (Å²) in [6.07, 6.45) is 1.97. The predicted octanol–water partition coefficient (Wildman–Crippen LogP) is 1.93. The van der Waals surface area contributed by atoms with Crippen molar-refractivity contribution in [3.8, 4) is 0 Å². The highest BCUT2D eigenvalue weighted by Crippen LogP contribution is 2.11. The van der Waals surface area contributed by atoms with Gasteiger partial charge in [-0.2, -0.15) is 0 Å². The lowest BCUT2D eigenvalue weighted by molar-refractivity contribution is 0.0235. The number of nitrogens with one attached hydrogen (secondary N) is 1. The molecule has 0 spiro atoms. The molecule has 0 radical (unpaired) electrons. The Kier molecular flexibility index (Phi) is 4.52. The van der Waals surface area contributed by atoms with E-state index >= 15 is 0 Å². The van der Waals surface area contributed by atoms with E-state index in [1.165, 1.54) is 0 Å². The number of nitrogens with two attached hydrogens (primary N) is 1. The second kappa shape index (κ2) is 5.68. The highest BCUT2D eigenvalue weighted by Gasteiger charge is 2.07. The fourth-order valence-corrected chi connectivity index (χ4v) is 1.06. The molecule has 1 heterocycles. The molecule has 0 aliphatic carbocycles. The third-order valence-corrected chi connectivity index (χ3v) is 2.42. The Balaban J connectivity index is 2.50. The van der Waals surface area contributed by atoms with E-state index in [9.17, 15) is 0 Å². The molecule has 1 aromatic heterocycles. The third kappa shape index (κ3) is 3.85. The molecule has 1 rings (SSSR count). The lowest BCUT2D eigenvalue weighted by Gasteiger charge is -2.16. The average molecular weight is 209 g/mol. The fraction of sp³-hybridized carbons (Fsp3) is 0.545. The molecule has 0 bridgehead atoms. The van der Waals surface area contributed by atoms with E-state index in [1.807, 2.05) is 12.1 Å². The van der Waals surface area contributed by atoms with Gasteiger partial charge in [0.2, 0.25) is 0 Å². The van der Waals surface area contributed by atoms with Gasteiger partial charge in [0.1, 0.15) is 5.82 Å². The maximum Gasteiger partial charge on any atom is 0.140 e. The van der Waals surface area contributed by atoms with E-state index in [-0.39, 0.29) is 6.10 Å². The van der Waals surface area contributed by atoms with Crippen molar-refractivity contribution in [3.63, 3.8) is 0 Å². The summed E-state index contributed by atoms with van der Waals surface area (Å²) in [6.45, 7) is 6.96. The smallest absolute Gasteiger partial charge is 0.140 e. The van der Waals surface area contributed by atoms with Gasteiger partial charge in [0.05, 0.1) is 12.7 Å². The standard InChI is InChI=1S/C11H19N3O/c1-8(2)9(3)15-7-10-4-5-13-11(6-10)14-12/h4-6,8-9H,7,12H2,1-3H3,(H,13,14). The summed E-state index contributed by atoms with van der Waals surface area (Å²) in [5.74, 6) is 6.46. The third-order valence-electron chi connectivity index (χ3n) is 2.42. The molecule has 0 aliphatic heterocycles. The van der Waals surface area contributed by atoms with Gasteiger partial charge in [0.25, 0.3) is 0 Å². The molecular formula is C11H19N3O. The Labute approximate surface area is 90.8 Å². The number of hydrogen-bond acceptors (Lipinski definition) is 4. The minimum atomic E-state index is 0.257. The molecular weight excluding hydrogens is 190 g/mol. The number of aromatic nitrogens is 1. The van der Waals surface area contributed by atoms with Crippen molar-refractivity contribution in [2.45, 2.75) is 33.5 Å². The lowest BCUT2D eigenvalue weighted by Crippen LogP contribution is -2.15. The van der Waals surface area contributed by atoms with Gasteiger partial charge in [0.15, 0.2) is 0 Å². The zero-order valence-corrected chi connectivity index (χ0v) is 9.53. The van der Waals surface area contributed by atoms with Gasteiger partial charge in [-0.1, -0.05) is 13.8 Å². The molecule has 1 aromatic rings. The second-order valence-electron chi connectivity index (χ2n) is 3.95. The van der Waals surface area contributed by atoms with Crippen LogP contribution in [0, 0.1) is 5.92 Å². The summed E-state index contributed by atoms with van der Waals surface area (Å²) >= 11 is 0. The van der Waals surface area contributed by atoms with Crippen molar-refractivity contribution in [3.05, 3.63) is 23.9 Å². The maximum atomic E-state index is 5.69. The van der Waals surface area contributed by atoms with Crippen LogP contribution in [0.25, 0.3) is 0 Å². The van der Waals surface area contributed by atoms with E-state index in [2.05, 4.69) is 31.2 Å². The van der Waals surface area contributed by atoms with Gasteiger partial charge in [-0.15, -0.1) is 0 Å². The molecule has 1 unspecified atom stereocenters. The number of hydrazine groups is 1. The van der Waals surface area contributed by atoms with Crippen LogP contribution < -0.4 is 11.3 Å². The first-order chi connectivity index (χ1) is 7.13. The highest BCUT2D eigenvalue weighted by atomic mass is 16.5. The second-order valence-corrected chi connectivity index (χ2v) is 3.95. The van der Waals surface area contributed by atoms with Crippen LogP contribution in [0.2, 0.25) is 0 Å². The number of hydrogen-bond donors (Lipinski definition) is 2. The average Bonchev–Trinajstić information content (AvgIpc) is 2.26. The monoisotopic (exact) mass is 209 g/mol. The van der Waals surface area contributed by atoms with Crippen molar-refractivity contribution in [1.82, 2.24) is 4.98 Å². The number of anilines is 1. The van der Waals surface area contributed by atoms with Gasteiger partial charge in [-0.3, -0.25) is 0 Å². The Morgan fingerprint density at radius 3 is 2.80 bits per heavy atom. The van der Waals surface area contributed by atoms with Gasteiger partial charge in [-0.05, 0) is 30.5 Å². The van der Waals surface area contributed by atoms with Crippen LogP contribution in [-0.4, -0.2) is 11.1 Å². The molecule has 0 fully saturated rings. The van der Waals surface area contributed by atoms with Crippen LogP contribution in [0.15, 0.2) is 18.3 Å². The zero-order chi connectivity index (χ0) is 11.3. The largest absolute Gasteiger partial charge is 0.374 e. The first-order valence-electron chi connectivity index (χ1n) is 5.16. The summed E-state index contributed by atoms with van der Waals surface area (Å²) in [5, 5.41) is 0. The van der Waals surface area contributed by atoms with E-state index in [0.29, 0.717) is 18.3 Å². The van der Waals surface area contributed by atoms with Crippen molar-refractivity contribution in [1.29, 1.82) is 0 Å². The zero-order valence-electron chi connectivity index (χ0n) is 9.53. The molecule has 4 heteroatoms. The number of ether oxygens (including phenoxy) is 1. The Bertz CT molecular complexity index is 302. The fourth-order valence-electron chi connectivity index (χ4n) is 1.06. The molecule has 15 heavy (non-hydrogen) atoms. The van der Waals surface area contributed by atoms with Gasteiger partial charge in [0, 0.05) is 6.20 Å². The van der Waals surface area contributed by atoms with Crippen molar-refractivity contribution >= 4 is 5.82 Å². The topological polar surface area (TPSA) is 60.2 Å². The van der Waals surface area contributed by atoms with Crippen molar-refractivity contribution in [2.75, 3.05) is 5.43 Å². The van der Waals surface area contributed by atoms with E-state index in [0.717, 1.165) is 5.56 Å². The first kappa shape index (κ1) is 11.9. The SMILES string of the molecule is CC(C)C(C)OCc1ccnc(NN)c1. The number of pyridine rings is 1. The summed E-state index contributed by atoms with van der Waals surface area (Å²) < 4.78 is 5.69. The lowest BCUT2D eigenvalue weighted by atomic mass is 10.1.